The highest BCUT2D eigenvalue weighted by Gasteiger charge is 2.33. The predicted octanol–water partition coefficient (Wildman–Crippen LogP) is 4.34. The van der Waals surface area contributed by atoms with Crippen LogP contribution in [0.1, 0.15) is 42.7 Å². The Morgan fingerprint density at radius 1 is 1.36 bits per heavy atom. The van der Waals surface area contributed by atoms with E-state index in [1.54, 1.807) is 6.08 Å². The first-order valence-corrected chi connectivity index (χ1v) is 7.76. The molecule has 0 aromatic heterocycles. The van der Waals surface area contributed by atoms with Gasteiger partial charge < -0.3 is 4.74 Å². The van der Waals surface area contributed by atoms with Gasteiger partial charge in [0, 0.05) is 5.56 Å². The zero-order chi connectivity index (χ0) is 15.8. The summed E-state index contributed by atoms with van der Waals surface area (Å²) < 4.78 is 6.17. The summed E-state index contributed by atoms with van der Waals surface area (Å²) in [6.07, 6.45) is 10.1. The van der Waals surface area contributed by atoms with Gasteiger partial charge in [-0.25, -0.2) is 0 Å². The minimum Gasteiger partial charge on any atom is -0.488 e. The maximum atomic E-state index is 10.3. The van der Waals surface area contributed by atoms with Gasteiger partial charge in [-0.15, -0.1) is 6.58 Å². The van der Waals surface area contributed by atoms with Crippen LogP contribution >= 0.6 is 0 Å². The molecule has 0 saturated carbocycles. The number of allylic oxidation sites excluding steroid dienone is 3. The molecule has 2 rings (SSSR count). The first kappa shape index (κ1) is 16.1. The molecule has 114 valence electrons. The van der Waals surface area contributed by atoms with Crippen LogP contribution in [-0.2, 0) is 4.79 Å². The van der Waals surface area contributed by atoms with E-state index in [0.717, 1.165) is 43.3 Å². The van der Waals surface area contributed by atoms with E-state index in [1.807, 2.05) is 12.1 Å². The van der Waals surface area contributed by atoms with Crippen LogP contribution in [0.15, 0.2) is 43.0 Å². The van der Waals surface area contributed by atoms with E-state index in [9.17, 15) is 4.79 Å². The lowest BCUT2D eigenvalue weighted by molar-refractivity contribution is -0.104. The second kappa shape index (κ2) is 8.24. The quantitative estimate of drug-likeness (QED) is 0.256. The number of ether oxygens (including phenoxy) is 1. The third-order valence-corrected chi connectivity index (χ3v) is 3.86. The predicted molar refractivity (Wildman–Crippen MR) is 90.0 cm³/mol. The van der Waals surface area contributed by atoms with Gasteiger partial charge in [-0.2, -0.15) is 0 Å². The van der Waals surface area contributed by atoms with Crippen molar-refractivity contribution in [1.29, 1.82) is 0 Å². The van der Waals surface area contributed by atoms with E-state index in [0.29, 0.717) is 0 Å². The van der Waals surface area contributed by atoms with Gasteiger partial charge >= 0.3 is 0 Å². The molecular formula is C20H22O2. The average molecular weight is 294 g/mol. The molecule has 0 amide bonds. The summed E-state index contributed by atoms with van der Waals surface area (Å²) in [5.41, 5.74) is 2.32. The number of aryl methyl sites for hydroxylation is 1. The number of hydrogen-bond donors (Lipinski definition) is 0. The molecule has 1 aliphatic heterocycles. The lowest BCUT2D eigenvalue weighted by Crippen LogP contribution is -2.17. The molecule has 0 N–H and O–H groups in total. The van der Waals surface area contributed by atoms with Gasteiger partial charge in [0.2, 0.25) is 0 Å². The molecule has 0 aliphatic carbocycles. The van der Waals surface area contributed by atoms with Crippen molar-refractivity contribution in [2.24, 2.45) is 0 Å². The average Bonchev–Trinajstić information content (AvgIpc) is 2.88. The Bertz CT molecular complexity index is 616. The maximum Gasteiger partial charge on any atom is 0.143 e. The smallest absolute Gasteiger partial charge is 0.143 e. The summed E-state index contributed by atoms with van der Waals surface area (Å²) in [6, 6.07) is 6.21. The van der Waals surface area contributed by atoms with Gasteiger partial charge in [-0.1, -0.05) is 36.1 Å². The molecule has 22 heavy (non-hydrogen) atoms. The molecule has 0 saturated heterocycles. The fraction of sp³-hybridized carbons (Fsp3) is 0.350. The van der Waals surface area contributed by atoms with Gasteiger partial charge in [0.15, 0.2) is 0 Å². The van der Waals surface area contributed by atoms with Crippen molar-refractivity contribution in [3.63, 3.8) is 0 Å². The molecule has 2 unspecified atom stereocenters. The molecule has 1 aromatic carbocycles. The molecule has 0 radical (unpaired) electrons. The number of aldehydes is 1. The van der Waals surface area contributed by atoms with Crippen molar-refractivity contribution in [3.05, 3.63) is 54.1 Å². The van der Waals surface area contributed by atoms with Crippen molar-refractivity contribution < 1.29 is 9.53 Å². The minimum absolute atomic E-state index is 0.0786. The second-order valence-corrected chi connectivity index (χ2v) is 5.48. The summed E-state index contributed by atoms with van der Waals surface area (Å²) in [6.45, 7) is 5.82. The Morgan fingerprint density at radius 3 is 3.00 bits per heavy atom. The summed E-state index contributed by atoms with van der Waals surface area (Å²) in [5, 5.41) is 0. The number of carbonyl (C=O) groups is 1. The zero-order valence-electron chi connectivity index (χ0n) is 13.0. The molecular weight excluding hydrogens is 272 g/mol. The Kier molecular flexibility index (Phi) is 6.03. The Labute approximate surface area is 132 Å². The van der Waals surface area contributed by atoms with Crippen LogP contribution < -0.4 is 4.74 Å². The number of para-hydroxylation sites is 1. The number of carbonyl (C=O) groups excluding carboxylic acids is 1. The maximum absolute atomic E-state index is 10.3. The number of fused-ring (bicyclic) bond motifs is 1. The van der Waals surface area contributed by atoms with E-state index < -0.39 is 0 Å². The Hall–Kier alpha value is -2.27. The Balaban J connectivity index is 2.16. The van der Waals surface area contributed by atoms with Crippen molar-refractivity contribution in [2.75, 3.05) is 0 Å². The second-order valence-electron chi connectivity index (χ2n) is 5.48. The molecule has 0 fully saturated rings. The van der Waals surface area contributed by atoms with Gasteiger partial charge in [0.05, 0.1) is 5.92 Å². The van der Waals surface area contributed by atoms with E-state index in [2.05, 4.69) is 37.5 Å². The van der Waals surface area contributed by atoms with E-state index >= 15 is 0 Å². The minimum atomic E-state index is 0.0786. The topological polar surface area (TPSA) is 26.3 Å². The molecule has 1 heterocycles. The van der Waals surface area contributed by atoms with Gasteiger partial charge in [-0.3, -0.25) is 4.79 Å². The van der Waals surface area contributed by atoms with Crippen molar-refractivity contribution in [1.82, 2.24) is 0 Å². The van der Waals surface area contributed by atoms with Gasteiger partial charge in [0.25, 0.3) is 0 Å². The fourth-order valence-electron chi connectivity index (χ4n) is 2.76. The molecule has 2 heteroatoms. The summed E-state index contributed by atoms with van der Waals surface area (Å²) in [7, 11) is 0. The summed E-state index contributed by atoms with van der Waals surface area (Å²) in [4.78, 5) is 10.3. The van der Waals surface area contributed by atoms with Crippen LogP contribution in [0.25, 0.3) is 0 Å². The SMILES string of the molecule is C=CCCCCC1Oc2c(C)cccc2C1C#C/C=C/C=O. The van der Waals surface area contributed by atoms with Crippen LogP contribution in [0.4, 0.5) is 0 Å². The molecule has 0 bridgehead atoms. The fourth-order valence-corrected chi connectivity index (χ4v) is 2.76. The first-order chi connectivity index (χ1) is 10.8. The number of unbranched alkanes of at least 4 members (excludes halogenated alkanes) is 2. The third-order valence-electron chi connectivity index (χ3n) is 3.86. The van der Waals surface area contributed by atoms with Gasteiger partial charge in [-0.05, 0) is 50.3 Å². The van der Waals surface area contributed by atoms with Crippen molar-refractivity contribution >= 4 is 6.29 Å². The third kappa shape index (κ3) is 3.89. The number of rotatable bonds is 6. The van der Waals surface area contributed by atoms with E-state index in [-0.39, 0.29) is 12.0 Å². The Morgan fingerprint density at radius 2 is 2.23 bits per heavy atom. The van der Waals surface area contributed by atoms with E-state index in [1.165, 1.54) is 11.6 Å². The number of benzene rings is 1. The van der Waals surface area contributed by atoms with Crippen LogP contribution in [0.3, 0.4) is 0 Å². The molecule has 1 aromatic rings. The van der Waals surface area contributed by atoms with Crippen LogP contribution in [-0.4, -0.2) is 12.4 Å². The summed E-state index contributed by atoms with van der Waals surface area (Å²) >= 11 is 0. The van der Waals surface area contributed by atoms with Crippen molar-refractivity contribution in [2.45, 2.75) is 44.6 Å². The largest absolute Gasteiger partial charge is 0.488 e. The lowest BCUT2D eigenvalue weighted by atomic mass is 9.92. The van der Waals surface area contributed by atoms with Gasteiger partial charge in [0.1, 0.15) is 18.1 Å². The highest BCUT2D eigenvalue weighted by molar-refractivity contribution is 5.65. The monoisotopic (exact) mass is 294 g/mol. The van der Waals surface area contributed by atoms with Crippen LogP contribution in [0.2, 0.25) is 0 Å². The lowest BCUT2D eigenvalue weighted by Gasteiger charge is -2.14. The van der Waals surface area contributed by atoms with Crippen molar-refractivity contribution in [3.8, 4) is 17.6 Å². The first-order valence-electron chi connectivity index (χ1n) is 7.76. The van der Waals surface area contributed by atoms with Crippen LogP contribution in [0.5, 0.6) is 5.75 Å². The molecule has 0 spiro atoms. The standard InChI is InChI=1S/C20H22O2/c1-3-4-5-8-14-19-17(12-7-6-9-15-21)18-13-10-11-16(2)20(18)22-19/h3,6,9-11,13,15,17,19H,1,4-5,8,14H2,2H3/b9-6+. The van der Waals surface area contributed by atoms with Crippen LogP contribution in [0, 0.1) is 18.8 Å². The molecule has 1 aliphatic rings. The summed E-state index contributed by atoms with van der Waals surface area (Å²) in [5.74, 6) is 7.27. The highest BCUT2D eigenvalue weighted by atomic mass is 16.5. The normalized spacial score (nSPS) is 19.1. The molecule has 2 atom stereocenters. The van der Waals surface area contributed by atoms with E-state index in [4.69, 9.17) is 4.74 Å². The zero-order valence-corrected chi connectivity index (χ0v) is 13.0. The molecule has 2 nitrogen and oxygen atoms in total. The highest BCUT2D eigenvalue weighted by Crippen LogP contribution is 2.41. The number of hydrogen-bond acceptors (Lipinski definition) is 2.